The summed E-state index contributed by atoms with van der Waals surface area (Å²) in [4.78, 5) is 30.7. The molecule has 0 radical (unpaired) electrons. The molecule has 38 heavy (non-hydrogen) atoms. The number of carbonyl (C=O) groups is 2. The lowest BCUT2D eigenvalue weighted by Gasteiger charge is -2.26. The monoisotopic (exact) mass is 552 g/mol. The number of halogens is 1. The van der Waals surface area contributed by atoms with E-state index in [1.54, 1.807) is 28.5 Å². The van der Waals surface area contributed by atoms with Gasteiger partial charge < -0.3 is 9.64 Å². The third kappa shape index (κ3) is 4.92. The number of anilines is 1. The molecule has 7 nitrogen and oxygen atoms in total. The van der Waals surface area contributed by atoms with Crippen LogP contribution in [0.1, 0.15) is 55.7 Å². The molecule has 200 valence electrons. The van der Waals surface area contributed by atoms with Crippen LogP contribution in [0.15, 0.2) is 48.5 Å². The van der Waals surface area contributed by atoms with Crippen molar-refractivity contribution in [1.82, 2.24) is 14.7 Å². The van der Waals surface area contributed by atoms with Gasteiger partial charge in [0.15, 0.2) is 0 Å². The molecule has 3 heterocycles. The Hall–Kier alpha value is -2.97. The average Bonchev–Trinajstić information content (AvgIpc) is 3.54. The average molecular weight is 553 g/mol. The van der Waals surface area contributed by atoms with Gasteiger partial charge in [-0.2, -0.15) is 5.10 Å². The second kappa shape index (κ2) is 10.7. The smallest absolute Gasteiger partial charge is 0.242 e. The Kier molecular flexibility index (Phi) is 7.47. The van der Waals surface area contributed by atoms with Crippen molar-refractivity contribution in [2.45, 2.75) is 44.3 Å². The predicted molar refractivity (Wildman–Crippen MR) is 153 cm³/mol. The lowest BCUT2D eigenvalue weighted by Crippen LogP contribution is -2.43. The highest BCUT2D eigenvalue weighted by atomic mass is 35.5. The zero-order valence-electron chi connectivity index (χ0n) is 22.2. The number of para-hydroxylation sites is 2. The standard InChI is InChI=1S/C29H33ClN4O3S/c1-29(2,3)27-25-26(19-11-5-8-14-22(19)37-4)38-18-24(36)33(17-23(35)32-15-9-10-16-32)28(25)34(31-27)21-13-7-6-12-20(21)30/h5-8,11-14,26H,9-10,15-18H2,1-4H3/t26-/m0/s1. The molecule has 1 saturated heterocycles. The molecule has 0 aliphatic carbocycles. The molecule has 1 atom stereocenters. The van der Waals surface area contributed by atoms with E-state index in [9.17, 15) is 9.59 Å². The second-order valence-electron chi connectivity index (χ2n) is 10.7. The molecule has 2 aliphatic heterocycles. The van der Waals surface area contributed by atoms with Crippen LogP contribution in [0.25, 0.3) is 5.69 Å². The number of thioether (sulfide) groups is 1. The number of hydrogen-bond acceptors (Lipinski definition) is 5. The Labute approximate surface area is 233 Å². The fourth-order valence-electron chi connectivity index (χ4n) is 5.20. The molecule has 9 heteroatoms. The molecule has 0 bridgehead atoms. The Morgan fingerprint density at radius 2 is 1.79 bits per heavy atom. The number of carbonyl (C=O) groups excluding carboxylic acids is 2. The summed E-state index contributed by atoms with van der Waals surface area (Å²) in [6.07, 6.45) is 1.98. The van der Waals surface area contributed by atoms with Gasteiger partial charge in [0.25, 0.3) is 0 Å². The topological polar surface area (TPSA) is 67.7 Å². The first-order valence-electron chi connectivity index (χ1n) is 12.9. The molecule has 2 aromatic carbocycles. The van der Waals surface area contributed by atoms with Crippen molar-refractivity contribution in [3.63, 3.8) is 0 Å². The van der Waals surface area contributed by atoms with E-state index in [-0.39, 0.29) is 34.8 Å². The van der Waals surface area contributed by atoms with Crippen LogP contribution in [0.4, 0.5) is 5.82 Å². The number of ether oxygens (including phenoxy) is 1. The van der Waals surface area contributed by atoms with E-state index in [4.69, 9.17) is 21.4 Å². The highest BCUT2D eigenvalue weighted by Crippen LogP contribution is 2.50. The molecule has 2 aliphatic rings. The van der Waals surface area contributed by atoms with Crippen LogP contribution in [-0.2, 0) is 15.0 Å². The summed E-state index contributed by atoms with van der Waals surface area (Å²) in [5.41, 5.74) is 3.04. The summed E-state index contributed by atoms with van der Waals surface area (Å²) in [6, 6.07) is 15.4. The summed E-state index contributed by atoms with van der Waals surface area (Å²) < 4.78 is 7.52. The highest BCUT2D eigenvalue weighted by molar-refractivity contribution is 8.00. The zero-order valence-corrected chi connectivity index (χ0v) is 23.8. The van der Waals surface area contributed by atoms with Crippen LogP contribution in [0.5, 0.6) is 5.75 Å². The van der Waals surface area contributed by atoms with E-state index in [1.165, 1.54) is 0 Å². The first kappa shape index (κ1) is 26.6. The van der Waals surface area contributed by atoms with Gasteiger partial charge in [0.1, 0.15) is 18.1 Å². The van der Waals surface area contributed by atoms with E-state index in [1.807, 2.05) is 53.4 Å². The van der Waals surface area contributed by atoms with Crippen LogP contribution in [0.2, 0.25) is 5.02 Å². The highest BCUT2D eigenvalue weighted by Gasteiger charge is 2.41. The molecule has 1 fully saturated rings. The Bertz CT molecular complexity index is 1360. The maximum absolute atomic E-state index is 13.8. The molecule has 2 amide bonds. The Morgan fingerprint density at radius 3 is 2.47 bits per heavy atom. The number of hydrogen-bond donors (Lipinski definition) is 0. The van der Waals surface area contributed by atoms with E-state index >= 15 is 0 Å². The van der Waals surface area contributed by atoms with Crippen molar-refractivity contribution in [3.8, 4) is 11.4 Å². The van der Waals surface area contributed by atoms with Gasteiger partial charge in [-0.3, -0.25) is 14.5 Å². The third-order valence-corrected chi connectivity index (χ3v) is 8.61. The lowest BCUT2D eigenvalue weighted by molar-refractivity contribution is -0.130. The number of likely N-dealkylation sites (tertiary alicyclic amines) is 1. The minimum Gasteiger partial charge on any atom is -0.496 e. The summed E-state index contributed by atoms with van der Waals surface area (Å²) in [5, 5.41) is 5.40. The van der Waals surface area contributed by atoms with Crippen molar-refractivity contribution in [2.24, 2.45) is 0 Å². The van der Waals surface area contributed by atoms with Gasteiger partial charge in [-0.15, -0.1) is 11.8 Å². The normalized spacial score (nSPS) is 17.9. The van der Waals surface area contributed by atoms with E-state index in [0.717, 1.165) is 48.5 Å². The van der Waals surface area contributed by atoms with Gasteiger partial charge in [-0.05, 0) is 31.0 Å². The summed E-state index contributed by atoms with van der Waals surface area (Å²) in [6.45, 7) is 7.76. The lowest BCUT2D eigenvalue weighted by atomic mass is 9.87. The van der Waals surface area contributed by atoms with Crippen molar-refractivity contribution in [2.75, 3.05) is 37.4 Å². The van der Waals surface area contributed by atoms with Gasteiger partial charge >= 0.3 is 0 Å². The number of nitrogens with zero attached hydrogens (tertiary/aromatic N) is 4. The largest absolute Gasteiger partial charge is 0.496 e. The minimum absolute atomic E-state index is 0.0369. The summed E-state index contributed by atoms with van der Waals surface area (Å²) in [7, 11) is 1.66. The van der Waals surface area contributed by atoms with Crippen molar-refractivity contribution < 1.29 is 14.3 Å². The van der Waals surface area contributed by atoms with E-state index in [0.29, 0.717) is 16.5 Å². The van der Waals surface area contributed by atoms with Crippen LogP contribution in [0.3, 0.4) is 0 Å². The SMILES string of the molecule is COc1ccccc1[C@@H]1SCC(=O)N(CC(=O)N2CCCC2)c2c1c(C(C)(C)C)nn2-c1ccccc1Cl. The third-order valence-electron chi connectivity index (χ3n) is 7.05. The van der Waals surface area contributed by atoms with Gasteiger partial charge in [-0.25, -0.2) is 4.68 Å². The molecule has 0 saturated carbocycles. The number of aromatic nitrogens is 2. The number of methoxy groups -OCH3 is 1. The maximum Gasteiger partial charge on any atom is 0.242 e. The van der Waals surface area contributed by atoms with Crippen LogP contribution >= 0.6 is 23.4 Å². The number of fused-ring (bicyclic) bond motifs is 1. The fourth-order valence-corrected chi connectivity index (χ4v) is 6.63. The molecule has 0 spiro atoms. The summed E-state index contributed by atoms with van der Waals surface area (Å²) in [5.74, 6) is 1.38. The Morgan fingerprint density at radius 1 is 1.11 bits per heavy atom. The molecule has 1 aromatic heterocycles. The van der Waals surface area contributed by atoms with Crippen molar-refractivity contribution >= 4 is 41.0 Å². The fraction of sp³-hybridized carbons (Fsp3) is 0.414. The molecule has 0 unspecified atom stereocenters. The van der Waals surface area contributed by atoms with Crippen molar-refractivity contribution in [3.05, 3.63) is 70.4 Å². The number of amides is 2. The Balaban J connectivity index is 1.78. The van der Waals surface area contributed by atoms with Gasteiger partial charge in [0, 0.05) is 29.6 Å². The molecule has 0 N–H and O–H groups in total. The number of rotatable bonds is 5. The van der Waals surface area contributed by atoms with Crippen LogP contribution in [-0.4, -0.2) is 59.0 Å². The molecule has 3 aromatic rings. The quantitative estimate of drug-likeness (QED) is 0.411. The van der Waals surface area contributed by atoms with E-state index in [2.05, 4.69) is 20.8 Å². The minimum atomic E-state index is -0.352. The maximum atomic E-state index is 13.8. The second-order valence-corrected chi connectivity index (χ2v) is 12.2. The van der Waals surface area contributed by atoms with Crippen molar-refractivity contribution in [1.29, 1.82) is 0 Å². The van der Waals surface area contributed by atoms with Gasteiger partial charge in [-0.1, -0.05) is 62.7 Å². The van der Waals surface area contributed by atoms with E-state index < -0.39 is 0 Å². The first-order chi connectivity index (χ1) is 18.2. The first-order valence-corrected chi connectivity index (χ1v) is 14.3. The zero-order chi connectivity index (χ0) is 27.0. The summed E-state index contributed by atoms with van der Waals surface area (Å²) >= 11 is 8.24. The molecular formula is C29H33ClN4O3S. The van der Waals surface area contributed by atoms with Crippen LogP contribution < -0.4 is 9.64 Å². The molecular weight excluding hydrogens is 520 g/mol. The molecule has 5 rings (SSSR count). The number of benzene rings is 2. The van der Waals surface area contributed by atoms with Gasteiger partial charge in [0.2, 0.25) is 11.8 Å². The van der Waals surface area contributed by atoms with Crippen LogP contribution in [0, 0.1) is 0 Å². The predicted octanol–water partition coefficient (Wildman–Crippen LogP) is 5.62. The van der Waals surface area contributed by atoms with Gasteiger partial charge in [0.05, 0.1) is 34.5 Å².